The lowest BCUT2D eigenvalue weighted by Gasteiger charge is -2.32. The maximum atomic E-state index is 13.0. The lowest BCUT2D eigenvalue weighted by atomic mass is 9.98. The summed E-state index contributed by atoms with van der Waals surface area (Å²) in [5, 5.41) is 8.57. The molecule has 2 fully saturated rings. The topological polar surface area (TPSA) is 68.3 Å². The van der Waals surface area contributed by atoms with Crippen LogP contribution >= 0.6 is 0 Å². The van der Waals surface area contributed by atoms with E-state index < -0.39 is 0 Å². The van der Waals surface area contributed by atoms with E-state index in [0.29, 0.717) is 17.5 Å². The summed E-state index contributed by atoms with van der Waals surface area (Å²) in [4.78, 5) is 19.3. The third-order valence-corrected chi connectivity index (χ3v) is 5.44. The second-order valence-corrected chi connectivity index (χ2v) is 7.47. The number of amides is 1. The lowest BCUT2D eigenvalue weighted by molar-refractivity contribution is 0.0652. The number of likely N-dealkylation sites (tertiary alicyclic amines) is 1. The maximum absolute atomic E-state index is 13.0. The van der Waals surface area contributed by atoms with Gasteiger partial charge < -0.3 is 4.90 Å². The summed E-state index contributed by atoms with van der Waals surface area (Å²) in [6.45, 7) is 2.40. The van der Waals surface area contributed by atoms with Crippen molar-refractivity contribution in [2.45, 2.75) is 38.1 Å². The predicted molar refractivity (Wildman–Crippen MR) is 95.8 cm³/mol. The minimum absolute atomic E-state index is 0.0608. The van der Waals surface area contributed by atoms with Gasteiger partial charge in [0.05, 0.1) is 11.9 Å². The summed E-state index contributed by atoms with van der Waals surface area (Å²) in [5.74, 6) is 1.11. The van der Waals surface area contributed by atoms with Crippen LogP contribution in [0.3, 0.4) is 0 Å². The average Bonchev–Trinajstić information content (AvgIpc) is 3.27. The number of carbonyl (C=O) groups is 1. The van der Waals surface area contributed by atoms with E-state index in [0.717, 1.165) is 43.8 Å². The van der Waals surface area contributed by atoms with Crippen molar-refractivity contribution >= 4 is 11.6 Å². The van der Waals surface area contributed by atoms with Gasteiger partial charge >= 0.3 is 0 Å². The maximum Gasteiger partial charge on any atom is 0.272 e. The SMILES string of the molecule is O=C(c1cnc2ccccn12)N1CCCC(Cn2cc(C3CC3)nn2)C1. The highest BCUT2D eigenvalue weighted by molar-refractivity contribution is 5.93. The van der Waals surface area contributed by atoms with Crippen molar-refractivity contribution in [2.24, 2.45) is 5.92 Å². The van der Waals surface area contributed by atoms with Crippen molar-refractivity contribution in [3.8, 4) is 0 Å². The first-order chi connectivity index (χ1) is 12.8. The van der Waals surface area contributed by atoms with Crippen LogP contribution in [0.15, 0.2) is 36.8 Å². The first kappa shape index (κ1) is 15.5. The summed E-state index contributed by atoms with van der Waals surface area (Å²) in [6, 6.07) is 5.77. The standard InChI is InChI=1S/C19H22N6O/c26-19(17-10-20-18-5-1-2-9-25(17)18)23-8-3-4-14(11-23)12-24-13-16(21-22-24)15-6-7-15/h1-2,5,9-10,13-15H,3-4,6-8,11-12H2. The summed E-state index contributed by atoms with van der Waals surface area (Å²) >= 11 is 0. The second-order valence-electron chi connectivity index (χ2n) is 7.47. The third-order valence-electron chi connectivity index (χ3n) is 5.44. The zero-order valence-electron chi connectivity index (χ0n) is 14.7. The number of pyridine rings is 1. The number of nitrogens with zero attached hydrogens (tertiary/aromatic N) is 6. The van der Waals surface area contributed by atoms with Crippen LogP contribution in [0.1, 0.15) is 47.8 Å². The Morgan fingerprint density at radius 3 is 3.04 bits per heavy atom. The van der Waals surface area contributed by atoms with E-state index in [2.05, 4.69) is 21.5 Å². The van der Waals surface area contributed by atoms with E-state index in [4.69, 9.17) is 0 Å². The van der Waals surface area contributed by atoms with E-state index in [-0.39, 0.29) is 5.91 Å². The van der Waals surface area contributed by atoms with Gasteiger partial charge in [0, 0.05) is 37.9 Å². The molecule has 26 heavy (non-hydrogen) atoms. The Morgan fingerprint density at radius 1 is 1.23 bits per heavy atom. The zero-order chi connectivity index (χ0) is 17.5. The van der Waals surface area contributed by atoms with Gasteiger partial charge in [-0.2, -0.15) is 0 Å². The summed E-state index contributed by atoms with van der Waals surface area (Å²) in [6.07, 6.45) is 10.3. The molecule has 1 aliphatic carbocycles. The highest BCUT2D eigenvalue weighted by Gasteiger charge is 2.29. The van der Waals surface area contributed by atoms with Crippen molar-refractivity contribution in [2.75, 3.05) is 13.1 Å². The quantitative estimate of drug-likeness (QED) is 0.724. The average molecular weight is 350 g/mol. The first-order valence-electron chi connectivity index (χ1n) is 9.39. The van der Waals surface area contributed by atoms with E-state index >= 15 is 0 Å². The Morgan fingerprint density at radius 2 is 2.15 bits per heavy atom. The minimum Gasteiger partial charge on any atom is -0.337 e. The van der Waals surface area contributed by atoms with Crippen LogP contribution in [0.25, 0.3) is 5.65 Å². The summed E-state index contributed by atoms with van der Waals surface area (Å²) < 4.78 is 3.83. The third kappa shape index (κ3) is 2.87. The van der Waals surface area contributed by atoms with Crippen LogP contribution in [-0.2, 0) is 6.54 Å². The van der Waals surface area contributed by atoms with Gasteiger partial charge in [0.2, 0.25) is 0 Å². The molecule has 7 nitrogen and oxygen atoms in total. The molecule has 1 saturated carbocycles. The van der Waals surface area contributed by atoms with E-state index in [9.17, 15) is 4.79 Å². The number of fused-ring (bicyclic) bond motifs is 1. The van der Waals surface area contributed by atoms with Crippen LogP contribution in [-0.4, -0.2) is 48.3 Å². The van der Waals surface area contributed by atoms with Crippen LogP contribution < -0.4 is 0 Å². The Labute approximate surface area is 151 Å². The van der Waals surface area contributed by atoms with Gasteiger partial charge in [-0.1, -0.05) is 11.3 Å². The van der Waals surface area contributed by atoms with E-state index in [1.54, 1.807) is 6.20 Å². The van der Waals surface area contributed by atoms with Gasteiger partial charge in [-0.15, -0.1) is 5.10 Å². The molecule has 1 amide bonds. The lowest BCUT2D eigenvalue weighted by Crippen LogP contribution is -2.41. The van der Waals surface area contributed by atoms with Gasteiger partial charge in [0.1, 0.15) is 11.3 Å². The molecule has 0 bridgehead atoms. The van der Waals surface area contributed by atoms with Gasteiger partial charge in [-0.25, -0.2) is 4.98 Å². The number of rotatable bonds is 4. The van der Waals surface area contributed by atoms with Crippen LogP contribution in [0.2, 0.25) is 0 Å². The molecule has 1 aliphatic heterocycles. The molecule has 0 spiro atoms. The number of hydrogen-bond acceptors (Lipinski definition) is 4. The fourth-order valence-corrected chi connectivity index (χ4v) is 3.88. The molecule has 2 aliphatic rings. The van der Waals surface area contributed by atoms with E-state index in [1.165, 1.54) is 12.8 Å². The fourth-order valence-electron chi connectivity index (χ4n) is 3.88. The van der Waals surface area contributed by atoms with Gasteiger partial charge in [-0.3, -0.25) is 13.9 Å². The highest BCUT2D eigenvalue weighted by atomic mass is 16.2. The predicted octanol–water partition coefficient (Wildman–Crippen LogP) is 2.36. The second kappa shape index (κ2) is 6.23. The first-order valence-corrected chi connectivity index (χ1v) is 9.39. The Hall–Kier alpha value is -2.70. The van der Waals surface area contributed by atoms with Crippen molar-refractivity contribution in [1.29, 1.82) is 0 Å². The minimum atomic E-state index is 0.0608. The number of carbonyl (C=O) groups excluding carboxylic acids is 1. The molecule has 0 N–H and O–H groups in total. The van der Waals surface area contributed by atoms with E-state index in [1.807, 2.05) is 38.4 Å². The smallest absolute Gasteiger partial charge is 0.272 e. The molecule has 3 aromatic rings. The molecular weight excluding hydrogens is 328 g/mol. The van der Waals surface area contributed by atoms with Crippen molar-refractivity contribution < 1.29 is 4.79 Å². The van der Waals surface area contributed by atoms with Gasteiger partial charge in [-0.05, 0) is 43.7 Å². The monoisotopic (exact) mass is 350 g/mol. The number of piperidine rings is 1. The van der Waals surface area contributed by atoms with Crippen LogP contribution in [0.4, 0.5) is 0 Å². The summed E-state index contributed by atoms with van der Waals surface area (Å²) in [5.41, 5.74) is 2.57. The number of aromatic nitrogens is 5. The molecule has 4 heterocycles. The Kier molecular flexibility index (Phi) is 3.72. The molecule has 0 radical (unpaired) electrons. The Bertz CT molecular complexity index is 940. The normalized spacial score (nSPS) is 20.6. The molecule has 1 atom stereocenters. The molecule has 134 valence electrons. The van der Waals surface area contributed by atoms with Gasteiger partial charge in [0.25, 0.3) is 5.91 Å². The van der Waals surface area contributed by atoms with Crippen molar-refractivity contribution in [3.63, 3.8) is 0 Å². The molecule has 7 heteroatoms. The zero-order valence-corrected chi connectivity index (χ0v) is 14.7. The van der Waals surface area contributed by atoms with Crippen molar-refractivity contribution in [1.82, 2.24) is 29.3 Å². The van der Waals surface area contributed by atoms with Crippen LogP contribution in [0.5, 0.6) is 0 Å². The molecule has 0 aromatic carbocycles. The molecule has 3 aromatic heterocycles. The molecule has 1 unspecified atom stereocenters. The number of imidazole rings is 1. The van der Waals surface area contributed by atoms with Gasteiger partial charge in [0.15, 0.2) is 0 Å². The van der Waals surface area contributed by atoms with Crippen molar-refractivity contribution in [3.05, 3.63) is 48.2 Å². The largest absolute Gasteiger partial charge is 0.337 e. The molecular formula is C19H22N6O. The highest BCUT2D eigenvalue weighted by Crippen LogP contribution is 2.38. The number of hydrogen-bond donors (Lipinski definition) is 0. The Balaban J connectivity index is 1.29. The fraction of sp³-hybridized carbons (Fsp3) is 0.474. The summed E-state index contributed by atoms with van der Waals surface area (Å²) in [7, 11) is 0. The molecule has 1 saturated heterocycles. The van der Waals surface area contributed by atoms with Crippen LogP contribution in [0, 0.1) is 5.92 Å². The molecule has 5 rings (SSSR count).